The van der Waals surface area contributed by atoms with Gasteiger partial charge in [0, 0.05) is 0 Å². The Kier molecular flexibility index (Phi) is 4.33. The van der Waals surface area contributed by atoms with Crippen LogP contribution in [0.25, 0.3) is 0 Å². The van der Waals surface area contributed by atoms with Gasteiger partial charge in [0.25, 0.3) is 0 Å². The topological polar surface area (TPSA) is 66.7 Å². The van der Waals surface area contributed by atoms with Crippen LogP contribution in [0.1, 0.15) is 13.8 Å². The Morgan fingerprint density at radius 2 is 2.18 bits per heavy atom. The van der Waals surface area contributed by atoms with Gasteiger partial charge in [-0.2, -0.15) is 0 Å². The molecule has 0 aromatic heterocycles. The fourth-order valence-corrected chi connectivity index (χ4v) is 0.649. The molecule has 0 saturated heterocycles. The summed E-state index contributed by atoms with van der Waals surface area (Å²) in [5.41, 5.74) is 0. The Hall–Kier alpha value is -0.995. The van der Waals surface area contributed by atoms with Gasteiger partial charge >= 0.3 is 64.6 Å². The Balaban J connectivity index is 4.22. The number of nitrogens with zero attached hydrogens (tertiary/aromatic N) is 1. The van der Waals surface area contributed by atoms with E-state index in [4.69, 9.17) is 5.11 Å². The van der Waals surface area contributed by atoms with E-state index in [1.54, 1.807) is 13.8 Å². The summed E-state index contributed by atoms with van der Waals surface area (Å²) in [4.78, 5) is 14.0. The minimum atomic E-state index is -1.00. The van der Waals surface area contributed by atoms with Crippen molar-refractivity contribution in [3.8, 4) is 0 Å². The SMILES string of the molecule is CC(C)[C@H](N=CB=O)C(=O)O. The van der Waals surface area contributed by atoms with Gasteiger partial charge in [-0.05, 0) is 0 Å². The molecular weight excluding hydrogens is 145 g/mol. The average molecular weight is 155 g/mol. The number of aliphatic imine (C=N–C) groups is 1. The second kappa shape index (κ2) is 4.76. The minimum absolute atomic E-state index is 0.0938. The fourth-order valence-electron chi connectivity index (χ4n) is 0.649. The third-order valence-corrected chi connectivity index (χ3v) is 1.19. The van der Waals surface area contributed by atoms with Gasteiger partial charge in [0.2, 0.25) is 0 Å². The van der Waals surface area contributed by atoms with Crippen molar-refractivity contribution in [2.24, 2.45) is 10.9 Å². The predicted octanol–water partition coefficient (Wildman–Crippen LogP) is 0.174. The van der Waals surface area contributed by atoms with E-state index >= 15 is 0 Å². The summed E-state index contributed by atoms with van der Waals surface area (Å²) in [5, 5.41) is 8.54. The first-order chi connectivity index (χ1) is 5.09. The third kappa shape index (κ3) is 3.65. The Morgan fingerprint density at radius 1 is 1.64 bits per heavy atom. The van der Waals surface area contributed by atoms with Crippen molar-refractivity contribution >= 4 is 19.2 Å². The van der Waals surface area contributed by atoms with E-state index in [0.29, 0.717) is 7.15 Å². The quantitative estimate of drug-likeness (QED) is 0.464. The number of carbonyl (C=O) groups is 1. The van der Waals surface area contributed by atoms with Crippen molar-refractivity contribution in [1.29, 1.82) is 0 Å². The second-order valence-corrected chi connectivity index (χ2v) is 2.46. The van der Waals surface area contributed by atoms with E-state index in [0.717, 1.165) is 6.11 Å². The van der Waals surface area contributed by atoms with Gasteiger partial charge in [0.15, 0.2) is 0 Å². The van der Waals surface area contributed by atoms with E-state index in [9.17, 15) is 9.50 Å². The van der Waals surface area contributed by atoms with Crippen LogP contribution in [0.4, 0.5) is 0 Å². The first-order valence-corrected chi connectivity index (χ1v) is 3.29. The summed E-state index contributed by atoms with van der Waals surface area (Å²) in [6, 6.07) is -0.805. The molecule has 0 aliphatic carbocycles. The molecule has 0 rings (SSSR count). The average Bonchev–Trinajstić information content (AvgIpc) is 1.87. The molecule has 1 atom stereocenters. The molecule has 0 aromatic rings. The Morgan fingerprint density at radius 3 is 2.45 bits per heavy atom. The van der Waals surface area contributed by atoms with Crippen molar-refractivity contribution in [2.75, 3.05) is 0 Å². The van der Waals surface area contributed by atoms with E-state index in [1.165, 1.54) is 0 Å². The summed E-state index contributed by atoms with van der Waals surface area (Å²) in [6.45, 7) is 3.47. The van der Waals surface area contributed by atoms with Crippen molar-refractivity contribution in [2.45, 2.75) is 19.9 Å². The molecule has 0 amide bonds. The molecule has 0 bridgehead atoms. The van der Waals surface area contributed by atoms with Gasteiger partial charge in [-0.15, -0.1) is 0 Å². The number of aliphatic carboxylic acids is 1. The standard InChI is InChI=1S/C6H10BNO3/c1-4(2)5(6(9)10)8-3-7-11/h3-5H,1-2H3,(H,9,10)/t5-/m0/s1. The van der Waals surface area contributed by atoms with Crippen LogP contribution in [-0.4, -0.2) is 30.4 Å². The van der Waals surface area contributed by atoms with Crippen LogP contribution in [0, 0.1) is 5.92 Å². The number of carboxylic acid groups (broad SMARTS) is 1. The van der Waals surface area contributed by atoms with Gasteiger partial charge < -0.3 is 0 Å². The molecule has 0 heterocycles. The van der Waals surface area contributed by atoms with Crippen LogP contribution in [0.15, 0.2) is 4.99 Å². The Labute approximate surface area is 65.6 Å². The van der Waals surface area contributed by atoms with Crippen LogP contribution < -0.4 is 0 Å². The molecule has 11 heavy (non-hydrogen) atoms. The summed E-state index contributed by atoms with van der Waals surface area (Å²) in [5.74, 6) is -1.10. The van der Waals surface area contributed by atoms with E-state index in [-0.39, 0.29) is 5.92 Å². The molecule has 0 spiro atoms. The predicted molar refractivity (Wildman–Crippen MR) is 41.2 cm³/mol. The molecule has 4 nitrogen and oxygen atoms in total. The van der Waals surface area contributed by atoms with Crippen LogP contribution in [0.2, 0.25) is 0 Å². The molecule has 0 aromatic carbocycles. The summed E-state index contributed by atoms with van der Waals surface area (Å²) in [7, 11) is 0.471. The number of carboxylic acids is 1. The van der Waals surface area contributed by atoms with Crippen molar-refractivity contribution in [3.63, 3.8) is 0 Å². The number of rotatable bonds is 4. The van der Waals surface area contributed by atoms with Crippen molar-refractivity contribution in [3.05, 3.63) is 0 Å². The maximum atomic E-state index is 10.4. The number of hydrogen-bond acceptors (Lipinski definition) is 3. The maximum absolute atomic E-state index is 10.4. The van der Waals surface area contributed by atoms with Crippen LogP contribution in [0.5, 0.6) is 0 Å². The van der Waals surface area contributed by atoms with Crippen molar-refractivity contribution < 1.29 is 14.6 Å². The molecule has 0 fully saturated rings. The number of hydrogen-bond donors (Lipinski definition) is 1. The van der Waals surface area contributed by atoms with E-state index in [1.807, 2.05) is 0 Å². The summed E-state index contributed by atoms with van der Waals surface area (Å²) in [6.07, 6.45) is 0.971. The van der Waals surface area contributed by atoms with Crippen LogP contribution >= 0.6 is 0 Å². The zero-order chi connectivity index (χ0) is 8.85. The van der Waals surface area contributed by atoms with Gasteiger partial charge in [-0.25, -0.2) is 0 Å². The molecule has 0 aliphatic heterocycles. The van der Waals surface area contributed by atoms with Gasteiger partial charge in [-0.1, -0.05) is 0 Å². The molecule has 0 radical (unpaired) electrons. The molecule has 5 heteroatoms. The van der Waals surface area contributed by atoms with Crippen LogP contribution in [0.3, 0.4) is 0 Å². The first-order valence-electron chi connectivity index (χ1n) is 3.29. The zero-order valence-electron chi connectivity index (χ0n) is 6.52. The fraction of sp³-hybridized carbons (Fsp3) is 0.667. The molecular formula is C6H10BNO3. The monoisotopic (exact) mass is 155 g/mol. The van der Waals surface area contributed by atoms with Gasteiger partial charge in [0.1, 0.15) is 0 Å². The first kappa shape index (κ1) is 10.0. The zero-order valence-corrected chi connectivity index (χ0v) is 6.52. The summed E-state index contributed by atoms with van der Waals surface area (Å²) < 4.78 is 9.81. The second-order valence-electron chi connectivity index (χ2n) is 2.46. The summed E-state index contributed by atoms with van der Waals surface area (Å²) >= 11 is 0. The van der Waals surface area contributed by atoms with E-state index in [2.05, 4.69) is 4.99 Å². The van der Waals surface area contributed by atoms with Crippen molar-refractivity contribution in [1.82, 2.24) is 0 Å². The van der Waals surface area contributed by atoms with Crippen LogP contribution in [-0.2, 0) is 9.50 Å². The van der Waals surface area contributed by atoms with Gasteiger partial charge in [-0.3, -0.25) is 0 Å². The molecule has 0 saturated carbocycles. The molecule has 60 valence electrons. The third-order valence-electron chi connectivity index (χ3n) is 1.19. The molecule has 0 unspecified atom stereocenters. The molecule has 1 N–H and O–H groups in total. The molecule has 0 aliphatic rings. The van der Waals surface area contributed by atoms with E-state index < -0.39 is 12.0 Å². The normalized spacial score (nSPS) is 13.4. The Bertz CT molecular complexity index is 179. The van der Waals surface area contributed by atoms with Gasteiger partial charge in [0.05, 0.1) is 0 Å².